The highest BCUT2D eigenvalue weighted by Crippen LogP contribution is 2.18. The van der Waals surface area contributed by atoms with E-state index < -0.39 is 0 Å². The lowest BCUT2D eigenvalue weighted by Gasteiger charge is -2.02. The van der Waals surface area contributed by atoms with E-state index in [1.807, 2.05) is 30.3 Å². The number of nitrogens with zero attached hydrogens (tertiary/aromatic N) is 2. The van der Waals surface area contributed by atoms with Crippen LogP contribution in [0.15, 0.2) is 30.3 Å². The molecule has 94 valence electrons. The molecule has 0 saturated carbocycles. The normalized spacial score (nSPS) is 10.3. The number of benzene rings is 1. The van der Waals surface area contributed by atoms with Gasteiger partial charge < -0.3 is 10.1 Å². The molecule has 1 aromatic carbocycles. The molecule has 6 heteroatoms. The van der Waals surface area contributed by atoms with Crippen molar-refractivity contribution in [1.82, 2.24) is 20.7 Å². The van der Waals surface area contributed by atoms with Crippen LogP contribution in [-0.2, 0) is 16.1 Å². The van der Waals surface area contributed by atoms with Gasteiger partial charge in [0.25, 0.3) is 0 Å². The number of hydrogen-bond donors (Lipinski definition) is 2. The second-order valence-corrected chi connectivity index (χ2v) is 3.66. The van der Waals surface area contributed by atoms with Gasteiger partial charge in [0, 0.05) is 12.1 Å². The van der Waals surface area contributed by atoms with E-state index in [2.05, 4.69) is 25.5 Å². The van der Waals surface area contributed by atoms with Gasteiger partial charge in [0.2, 0.25) is 0 Å². The Kier molecular flexibility index (Phi) is 4.03. The Morgan fingerprint density at radius 3 is 2.83 bits per heavy atom. The summed E-state index contributed by atoms with van der Waals surface area (Å²) in [4.78, 5) is 11.0. The van der Waals surface area contributed by atoms with Crippen molar-refractivity contribution in [3.8, 4) is 11.3 Å². The molecule has 0 amide bonds. The first-order valence-corrected chi connectivity index (χ1v) is 5.54. The smallest absolute Gasteiger partial charge is 0.319 e. The van der Waals surface area contributed by atoms with Crippen molar-refractivity contribution in [2.75, 3.05) is 13.7 Å². The number of carbonyl (C=O) groups excluding carboxylic acids is 1. The largest absolute Gasteiger partial charge is 0.468 e. The van der Waals surface area contributed by atoms with Gasteiger partial charge in [0.15, 0.2) is 0 Å². The van der Waals surface area contributed by atoms with Gasteiger partial charge in [-0.15, -0.1) is 0 Å². The maximum absolute atomic E-state index is 11.0. The molecular formula is C12H14N4O2. The van der Waals surface area contributed by atoms with Crippen LogP contribution in [0, 0.1) is 0 Å². The molecule has 0 bridgehead atoms. The summed E-state index contributed by atoms with van der Waals surface area (Å²) in [7, 11) is 1.36. The molecule has 0 spiro atoms. The minimum atomic E-state index is -0.306. The number of methoxy groups -OCH3 is 1. The third-order valence-electron chi connectivity index (χ3n) is 2.46. The van der Waals surface area contributed by atoms with Gasteiger partial charge in [-0.25, -0.2) is 0 Å². The molecule has 2 rings (SSSR count). The van der Waals surface area contributed by atoms with Crippen LogP contribution >= 0.6 is 0 Å². The first kappa shape index (κ1) is 12.3. The molecule has 0 aliphatic heterocycles. The average Bonchev–Trinajstić information content (AvgIpc) is 2.88. The Bertz CT molecular complexity index is 510. The van der Waals surface area contributed by atoms with Gasteiger partial charge >= 0.3 is 5.97 Å². The average molecular weight is 246 g/mol. The van der Waals surface area contributed by atoms with E-state index in [1.165, 1.54) is 7.11 Å². The van der Waals surface area contributed by atoms with E-state index in [4.69, 9.17) is 0 Å². The van der Waals surface area contributed by atoms with Gasteiger partial charge in [-0.05, 0) is 0 Å². The zero-order valence-electron chi connectivity index (χ0n) is 10.0. The fourth-order valence-corrected chi connectivity index (χ4v) is 1.56. The number of rotatable bonds is 5. The fourth-order valence-electron chi connectivity index (χ4n) is 1.56. The number of esters is 1. The summed E-state index contributed by atoms with van der Waals surface area (Å²) in [6.45, 7) is 0.605. The predicted octanol–water partition coefficient (Wildman–Crippen LogP) is 0.734. The quantitative estimate of drug-likeness (QED) is 0.760. The summed E-state index contributed by atoms with van der Waals surface area (Å²) in [5.74, 6) is -0.306. The predicted molar refractivity (Wildman–Crippen MR) is 65.5 cm³/mol. The van der Waals surface area contributed by atoms with Crippen LogP contribution in [0.4, 0.5) is 0 Å². The highest BCUT2D eigenvalue weighted by Gasteiger charge is 2.10. The van der Waals surface area contributed by atoms with E-state index in [1.54, 1.807) is 0 Å². The highest BCUT2D eigenvalue weighted by atomic mass is 16.5. The van der Waals surface area contributed by atoms with Crippen molar-refractivity contribution >= 4 is 5.97 Å². The molecule has 2 aromatic rings. The zero-order chi connectivity index (χ0) is 12.8. The topological polar surface area (TPSA) is 79.9 Å². The summed E-state index contributed by atoms with van der Waals surface area (Å²) in [5.41, 5.74) is 2.54. The first-order valence-electron chi connectivity index (χ1n) is 5.54. The van der Waals surface area contributed by atoms with Crippen LogP contribution in [0.5, 0.6) is 0 Å². The number of H-pyrrole nitrogens is 1. The van der Waals surface area contributed by atoms with Crippen molar-refractivity contribution < 1.29 is 9.53 Å². The second-order valence-electron chi connectivity index (χ2n) is 3.66. The SMILES string of the molecule is COC(=O)CNCc1n[nH]nc1-c1ccccc1. The minimum Gasteiger partial charge on any atom is -0.468 e. The summed E-state index contributed by atoms with van der Waals surface area (Å²) >= 11 is 0. The van der Waals surface area contributed by atoms with E-state index in [-0.39, 0.29) is 12.5 Å². The Morgan fingerprint density at radius 2 is 2.11 bits per heavy atom. The molecule has 18 heavy (non-hydrogen) atoms. The van der Waals surface area contributed by atoms with Crippen LogP contribution in [0.2, 0.25) is 0 Å². The number of hydrogen-bond acceptors (Lipinski definition) is 5. The minimum absolute atomic E-state index is 0.150. The van der Waals surface area contributed by atoms with Crippen LogP contribution in [0.1, 0.15) is 5.69 Å². The van der Waals surface area contributed by atoms with Gasteiger partial charge in [-0.3, -0.25) is 4.79 Å². The van der Waals surface area contributed by atoms with E-state index in [9.17, 15) is 4.79 Å². The Hall–Kier alpha value is -2.21. The van der Waals surface area contributed by atoms with E-state index >= 15 is 0 Å². The first-order chi connectivity index (χ1) is 8.81. The lowest BCUT2D eigenvalue weighted by molar-refractivity contribution is -0.139. The Morgan fingerprint density at radius 1 is 1.33 bits per heavy atom. The number of aromatic amines is 1. The van der Waals surface area contributed by atoms with Crippen molar-refractivity contribution in [3.05, 3.63) is 36.0 Å². The summed E-state index contributed by atoms with van der Waals surface area (Å²) in [6, 6.07) is 9.74. The molecule has 6 nitrogen and oxygen atoms in total. The monoisotopic (exact) mass is 246 g/mol. The summed E-state index contributed by atoms with van der Waals surface area (Å²) in [5, 5.41) is 13.7. The molecule has 0 saturated heterocycles. The third-order valence-corrected chi connectivity index (χ3v) is 2.46. The summed E-state index contributed by atoms with van der Waals surface area (Å²) in [6.07, 6.45) is 0. The lowest BCUT2D eigenvalue weighted by Crippen LogP contribution is -2.23. The second kappa shape index (κ2) is 5.92. The molecule has 0 fully saturated rings. The molecule has 0 aliphatic carbocycles. The standard InChI is InChI=1S/C12H14N4O2/c1-18-11(17)8-13-7-10-12(15-16-14-10)9-5-3-2-4-6-9/h2-6,13H,7-8H2,1H3,(H,14,15,16). The van der Waals surface area contributed by atoms with E-state index in [0.29, 0.717) is 6.54 Å². The fraction of sp³-hybridized carbons (Fsp3) is 0.250. The van der Waals surface area contributed by atoms with Gasteiger partial charge in [0.05, 0.1) is 13.7 Å². The van der Waals surface area contributed by atoms with Crippen LogP contribution in [-0.4, -0.2) is 35.0 Å². The maximum atomic E-state index is 11.0. The van der Waals surface area contributed by atoms with Crippen molar-refractivity contribution in [2.45, 2.75) is 6.54 Å². The van der Waals surface area contributed by atoms with E-state index in [0.717, 1.165) is 17.0 Å². The molecule has 0 atom stereocenters. The number of aromatic nitrogens is 3. The molecule has 0 radical (unpaired) electrons. The van der Waals surface area contributed by atoms with Crippen molar-refractivity contribution in [1.29, 1.82) is 0 Å². The molecular weight excluding hydrogens is 232 g/mol. The molecule has 0 aliphatic rings. The zero-order valence-corrected chi connectivity index (χ0v) is 10.0. The van der Waals surface area contributed by atoms with Crippen molar-refractivity contribution in [2.24, 2.45) is 0 Å². The van der Waals surface area contributed by atoms with Crippen LogP contribution in [0.3, 0.4) is 0 Å². The van der Waals surface area contributed by atoms with Gasteiger partial charge in [-0.2, -0.15) is 15.4 Å². The van der Waals surface area contributed by atoms with Crippen molar-refractivity contribution in [3.63, 3.8) is 0 Å². The Labute approximate surface area is 104 Å². The molecule has 1 aromatic heterocycles. The van der Waals surface area contributed by atoms with Gasteiger partial charge in [-0.1, -0.05) is 30.3 Å². The Balaban J connectivity index is 2.03. The number of nitrogens with one attached hydrogen (secondary N) is 2. The van der Waals surface area contributed by atoms with Crippen LogP contribution < -0.4 is 5.32 Å². The summed E-state index contributed by atoms with van der Waals surface area (Å²) < 4.78 is 4.54. The third kappa shape index (κ3) is 2.92. The maximum Gasteiger partial charge on any atom is 0.319 e. The molecule has 1 heterocycles. The number of ether oxygens (including phenoxy) is 1. The molecule has 0 unspecified atom stereocenters. The van der Waals surface area contributed by atoms with Crippen LogP contribution in [0.25, 0.3) is 11.3 Å². The lowest BCUT2D eigenvalue weighted by atomic mass is 10.1. The van der Waals surface area contributed by atoms with Gasteiger partial charge in [0.1, 0.15) is 11.4 Å². The molecule has 2 N–H and O–H groups in total. The highest BCUT2D eigenvalue weighted by molar-refractivity contribution is 5.71. The number of carbonyl (C=O) groups is 1.